The van der Waals surface area contributed by atoms with Gasteiger partial charge in [0, 0.05) is 30.9 Å². The van der Waals surface area contributed by atoms with E-state index in [0.717, 1.165) is 24.2 Å². The second-order valence-corrected chi connectivity index (χ2v) is 7.70. The number of sulfone groups is 1. The van der Waals surface area contributed by atoms with Crippen molar-refractivity contribution in [2.75, 3.05) is 36.5 Å². The van der Waals surface area contributed by atoms with Gasteiger partial charge < -0.3 is 10.2 Å². The summed E-state index contributed by atoms with van der Waals surface area (Å²) in [6.07, 6.45) is 1.04. The molecule has 2 rings (SSSR count). The molecule has 1 amide bonds. The van der Waals surface area contributed by atoms with E-state index in [-0.39, 0.29) is 30.5 Å². The molecule has 1 aliphatic heterocycles. The fourth-order valence-corrected chi connectivity index (χ4v) is 3.57. The second kappa shape index (κ2) is 6.47. The first-order chi connectivity index (χ1) is 9.93. The zero-order valence-electron chi connectivity index (χ0n) is 12.6. The van der Waals surface area contributed by atoms with Crippen LogP contribution in [0.1, 0.15) is 29.3 Å². The molecule has 1 fully saturated rings. The van der Waals surface area contributed by atoms with Crippen molar-refractivity contribution < 1.29 is 13.2 Å². The fraction of sp³-hybridized carbons (Fsp3) is 0.533. The third-order valence-corrected chi connectivity index (χ3v) is 5.28. The summed E-state index contributed by atoms with van der Waals surface area (Å²) in [5.74, 6) is 0.0476. The number of carbonyl (C=O) groups is 1. The highest BCUT2D eigenvalue weighted by molar-refractivity contribution is 7.91. The number of aryl methyl sites for hydroxylation is 1. The minimum Gasteiger partial charge on any atom is -0.385 e. The number of benzene rings is 1. The molecule has 5 nitrogen and oxygen atoms in total. The topological polar surface area (TPSA) is 66.5 Å². The van der Waals surface area contributed by atoms with Gasteiger partial charge in [0.05, 0.1) is 11.5 Å². The molecule has 1 heterocycles. The zero-order valence-corrected chi connectivity index (χ0v) is 13.4. The van der Waals surface area contributed by atoms with Crippen molar-refractivity contribution in [1.29, 1.82) is 0 Å². The number of rotatable bonds is 4. The van der Waals surface area contributed by atoms with Crippen molar-refractivity contribution in [3.05, 3.63) is 29.3 Å². The van der Waals surface area contributed by atoms with E-state index in [4.69, 9.17) is 0 Å². The average molecular weight is 310 g/mol. The average Bonchev–Trinajstić information content (AvgIpc) is 2.44. The quantitative estimate of drug-likeness (QED) is 0.919. The highest BCUT2D eigenvalue weighted by Crippen LogP contribution is 2.18. The molecule has 0 unspecified atom stereocenters. The van der Waals surface area contributed by atoms with Crippen molar-refractivity contribution in [2.45, 2.75) is 20.3 Å². The predicted octanol–water partition coefficient (Wildman–Crippen LogP) is 1.69. The summed E-state index contributed by atoms with van der Waals surface area (Å²) in [5.41, 5.74) is 2.57. The van der Waals surface area contributed by atoms with Crippen LogP contribution in [-0.2, 0) is 9.84 Å². The molecule has 1 aromatic carbocycles. The number of amides is 1. The monoisotopic (exact) mass is 310 g/mol. The molecule has 1 saturated heterocycles. The van der Waals surface area contributed by atoms with Crippen LogP contribution in [-0.4, -0.2) is 50.4 Å². The van der Waals surface area contributed by atoms with E-state index >= 15 is 0 Å². The van der Waals surface area contributed by atoms with Gasteiger partial charge in [0.25, 0.3) is 5.91 Å². The number of nitrogens with one attached hydrogen (secondary N) is 1. The van der Waals surface area contributed by atoms with Gasteiger partial charge in [-0.05, 0) is 37.1 Å². The number of anilines is 1. The number of carbonyl (C=O) groups excluding carboxylic acids is 1. The fourth-order valence-electron chi connectivity index (χ4n) is 2.37. The minimum absolute atomic E-state index is 0.0634. The molecule has 1 aromatic rings. The van der Waals surface area contributed by atoms with E-state index in [1.165, 1.54) is 0 Å². The predicted molar refractivity (Wildman–Crippen MR) is 84.5 cm³/mol. The normalized spacial score (nSPS) is 17.5. The molecule has 0 saturated carbocycles. The van der Waals surface area contributed by atoms with Crippen LogP contribution in [0.3, 0.4) is 0 Å². The van der Waals surface area contributed by atoms with Gasteiger partial charge in [-0.2, -0.15) is 0 Å². The van der Waals surface area contributed by atoms with Gasteiger partial charge in [-0.25, -0.2) is 8.42 Å². The lowest BCUT2D eigenvalue weighted by Gasteiger charge is -2.27. The van der Waals surface area contributed by atoms with Crippen LogP contribution in [0.5, 0.6) is 0 Å². The third-order valence-electron chi connectivity index (χ3n) is 3.67. The summed E-state index contributed by atoms with van der Waals surface area (Å²) in [7, 11) is -2.96. The summed E-state index contributed by atoms with van der Waals surface area (Å²) >= 11 is 0. The van der Waals surface area contributed by atoms with Crippen LogP contribution in [0, 0.1) is 6.92 Å². The van der Waals surface area contributed by atoms with Gasteiger partial charge in [0.2, 0.25) is 0 Å². The lowest BCUT2D eigenvalue weighted by atomic mass is 10.1. The van der Waals surface area contributed by atoms with E-state index in [1.54, 1.807) is 4.90 Å². The molecular formula is C15H22N2O3S. The Balaban J connectivity index is 2.09. The molecule has 0 spiro atoms. The zero-order chi connectivity index (χ0) is 15.5. The van der Waals surface area contributed by atoms with Gasteiger partial charge in [-0.1, -0.05) is 6.92 Å². The molecular weight excluding hydrogens is 288 g/mol. The highest BCUT2D eigenvalue weighted by Gasteiger charge is 2.26. The van der Waals surface area contributed by atoms with E-state index in [9.17, 15) is 13.2 Å². The van der Waals surface area contributed by atoms with Crippen molar-refractivity contribution in [2.24, 2.45) is 0 Å². The van der Waals surface area contributed by atoms with Crippen molar-refractivity contribution >= 4 is 21.4 Å². The maximum Gasteiger partial charge on any atom is 0.254 e. The van der Waals surface area contributed by atoms with Crippen LogP contribution < -0.4 is 5.32 Å². The Bertz CT molecular complexity index is 612. The third kappa shape index (κ3) is 3.97. The van der Waals surface area contributed by atoms with Crippen LogP contribution in [0.2, 0.25) is 0 Å². The van der Waals surface area contributed by atoms with Gasteiger partial charge in [-0.3, -0.25) is 4.79 Å². The van der Waals surface area contributed by atoms with Crippen molar-refractivity contribution in [3.63, 3.8) is 0 Å². The van der Waals surface area contributed by atoms with E-state index < -0.39 is 9.84 Å². The molecule has 116 valence electrons. The summed E-state index contributed by atoms with van der Waals surface area (Å²) in [6, 6.07) is 5.68. The van der Waals surface area contributed by atoms with Crippen LogP contribution in [0.15, 0.2) is 18.2 Å². The Kier molecular flexibility index (Phi) is 4.88. The van der Waals surface area contributed by atoms with E-state index in [2.05, 4.69) is 12.2 Å². The van der Waals surface area contributed by atoms with Crippen molar-refractivity contribution in [1.82, 2.24) is 4.90 Å². The lowest BCUT2D eigenvalue weighted by Crippen LogP contribution is -2.43. The summed E-state index contributed by atoms with van der Waals surface area (Å²) in [6.45, 7) is 5.48. The lowest BCUT2D eigenvalue weighted by molar-refractivity contribution is 0.0769. The smallest absolute Gasteiger partial charge is 0.254 e. The van der Waals surface area contributed by atoms with Gasteiger partial charge in [-0.15, -0.1) is 0 Å². The largest absolute Gasteiger partial charge is 0.385 e. The molecule has 0 bridgehead atoms. The minimum atomic E-state index is -2.96. The van der Waals surface area contributed by atoms with Crippen molar-refractivity contribution in [3.8, 4) is 0 Å². The van der Waals surface area contributed by atoms with E-state index in [0.29, 0.717) is 5.56 Å². The Labute approximate surface area is 126 Å². The number of hydrogen-bond donors (Lipinski definition) is 1. The Morgan fingerprint density at radius 3 is 2.52 bits per heavy atom. The highest BCUT2D eigenvalue weighted by atomic mass is 32.2. The standard InChI is InChI=1S/C15H22N2O3S/c1-3-6-16-13-4-5-14(12(2)11-13)15(18)17-7-9-21(19,20)10-8-17/h4-5,11,16H,3,6-10H2,1-2H3. The van der Waals surface area contributed by atoms with Gasteiger partial charge >= 0.3 is 0 Å². The maximum atomic E-state index is 12.5. The van der Waals surface area contributed by atoms with E-state index in [1.807, 2.05) is 25.1 Å². The number of nitrogens with zero attached hydrogens (tertiary/aromatic N) is 1. The first kappa shape index (κ1) is 15.8. The summed E-state index contributed by atoms with van der Waals surface area (Å²) in [4.78, 5) is 14.1. The van der Waals surface area contributed by atoms with Crippen LogP contribution in [0.4, 0.5) is 5.69 Å². The Hall–Kier alpha value is -1.56. The van der Waals surface area contributed by atoms with Crippen LogP contribution in [0.25, 0.3) is 0 Å². The SMILES string of the molecule is CCCNc1ccc(C(=O)N2CCS(=O)(=O)CC2)c(C)c1. The molecule has 0 aliphatic carbocycles. The first-order valence-corrected chi connectivity index (χ1v) is 9.09. The Morgan fingerprint density at radius 1 is 1.29 bits per heavy atom. The molecule has 1 aliphatic rings. The molecule has 1 N–H and O–H groups in total. The summed E-state index contributed by atoms with van der Waals surface area (Å²) < 4.78 is 22.8. The molecule has 0 aromatic heterocycles. The van der Waals surface area contributed by atoms with Gasteiger partial charge in [0.1, 0.15) is 0 Å². The molecule has 0 radical (unpaired) electrons. The van der Waals surface area contributed by atoms with Gasteiger partial charge in [0.15, 0.2) is 9.84 Å². The molecule has 6 heteroatoms. The Morgan fingerprint density at radius 2 is 1.95 bits per heavy atom. The first-order valence-electron chi connectivity index (χ1n) is 7.27. The number of hydrogen-bond acceptors (Lipinski definition) is 4. The maximum absolute atomic E-state index is 12.5. The second-order valence-electron chi connectivity index (χ2n) is 5.40. The molecule has 21 heavy (non-hydrogen) atoms. The summed E-state index contributed by atoms with van der Waals surface area (Å²) in [5, 5.41) is 3.29. The van der Waals surface area contributed by atoms with Crippen LogP contribution >= 0.6 is 0 Å². The molecule has 0 atom stereocenters.